The van der Waals surface area contributed by atoms with Crippen LogP contribution in [0.2, 0.25) is 0 Å². The van der Waals surface area contributed by atoms with E-state index in [4.69, 9.17) is 9.84 Å². The molecule has 1 fully saturated rings. The molecule has 0 saturated carbocycles. The highest BCUT2D eigenvalue weighted by molar-refractivity contribution is 5.89. The third kappa shape index (κ3) is 4.26. The number of urea groups is 1. The van der Waals surface area contributed by atoms with Crippen molar-refractivity contribution < 1.29 is 19.4 Å². The maximum Gasteiger partial charge on any atom is 0.321 e. The Morgan fingerprint density at radius 1 is 1.24 bits per heavy atom. The van der Waals surface area contributed by atoms with Crippen LogP contribution in [0.15, 0.2) is 42.6 Å². The number of rotatable bonds is 4. The fourth-order valence-corrected chi connectivity index (χ4v) is 2.59. The Morgan fingerprint density at radius 3 is 2.60 bits per heavy atom. The molecule has 1 unspecified atom stereocenters. The molecular weight excluding hydrogens is 322 g/mol. The number of aromatic nitrogens is 1. The number of aryl methyl sites for hydroxylation is 1. The Balaban J connectivity index is 1.56. The van der Waals surface area contributed by atoms with Gasteiger partial charge in [0.25, 0.3) is 0 Å². The summed E-state index contributed by atoms with van der Waals surface area (Å²) >= 11 is 0. The summed E-state index contributed by atoms with van der Waals surface area (Å²) in [6.07, 6.45) is 1.98. The lowest BCUT2D eigenvalue weighted by atomic mass is 10.1. The molecule has 7 nitrogen and oxygen atoms in total. The van der Waals surface area contributed by atoms with Crippen LogP contribution in [0.3, 0.4) is 0 Å². The SMILES string of the molecule is Cc1ccc(Oc2ccc(NC(=O)N3CCC(C(=O)O)C3)cn2)cc1. The number of carbonyl (C=O) groups is 2. The number of benzene rings is 1. The molecule has 1 aliphatic rings. The van der Waals surface area contributed by atoms with Gasteiger partial charge in [0.1, 0.15) is 5.75 Å². The van der Waals surface area contributed by atoms with Crippen molar-refractivity contribution in [2.45, 2.75) is 13.3 Å². The molecule has 1 aliphatic heterocycles. The van der Waals surface area contributed by atoms with Gasteiger partial charge >= 0.3 is 12.0 Å². The fourth-order valence-electron chi connectivity index (χ4n) is 2.59. The molecule has 1 saturated heterocycles. The second-order valence-electron chi connectivity index (χ2n) is 6.00. The van der Waals surface area contributed by atoms with E-state index in [1.807, 2.05) is 31.2 Å². The summed E-state index contributed by atoms with van der Waals surface area (Å²) in [4.78, 5) is 28.8. The lowest BCUT2D eigenvalue weighted by Gasteiger charge is -2.16. The number of nitrogens with zero attached hydrogens (tertiary/aromatic N) is 2. The van der Waals surface area contributed by atoms with E-state index in [-0.39, 0.29) is 12.6 Å². The molecule has 3 rings (SSSR count). The van der Waals surface area contributed by atoms with Crippen LogP contribution in [0.1, 0.15) is 12.0 Å². The molecule has 0 radical (unpaired) electrons. The van der Waals surface area contributed by atoms with Gasteiger partial charge in [-0.25, -0.2) is 9.78 Å². The van der Waals surface area contributed by atoms with Crippen molar-refractivity contribution in [3.63, 3.8) is 0 Å². The van der Waals surface area contributed by atoms with Crippen LogP contribution in [-0.4, -0.2) is 40.1 Å². The van der Waals surface area contributed by atoms with E-state index in [2.05, 4.69) is 10.3 Å². The molecule has 2 heterocycles. The van der Waals surface area contributed by atoms with Crippen molar-refractivity contribution in [3.8, 4) is 11.6 Å². The van der Waals surface area contributed by atoms with Crippen LogP contribution < -0.4 is 10.1 Å². The second-order valence-corrected chi connectivity index (χ2v) is 6.00. The molecule has 0 bridgehead atoms. The number of hydrogen-bond acceptors (Lipinski definition) is 4. The van der Waals surface area contributed by atoms with E-state index in [0.717, 1.165) is 5.56 Å². The molecule has 7 heteroatoms. The largest absolute Gasteiger partial charge is 0.481 e. The highest BCUT2D eigenvalue weighted by Crippen LogP contribution is 2.22. The first kappa shape index (κ1) is 16.8. The summed E-state index contributed by atoms with van der Waals surface area (Å²) in [5, 5.41) is 11.7. The number of carboxylic acid groups (broad SMARTS) is 1. The number of hydrogen-bond donors (Lipinski definition) is 2. The van der Waals surface area contributed by atoms with Crippen LogP contribution in [-0.2, 0) is 4.79 Å². The van der Waals surface area contributed by atoms with Gasteiger partial charge in [0.2, 0.25) is 5.88 Å². The van der Waals surface area contributed by atoms with Crippen LogP contribution >= 0.6 is 0 Å². The molecule has 2 amide bonds. The summed E-state index contributed by atoms with van der Waals surface area (Å²) < 4.78 is 5.63. The number of carbonyl (C=O) groups excluding carboxylic acids is 1. The average molecular weight is 341 g/mol. The van der Waals surface area contributed by atoms with Crippen molar-refractivity contribution >= 4 is 17.7 Å². The Kier molecular flexibility index (Phi) is 4.83. The number of nitrogens with one attached hydrogen (secondary N) is 1. The first-order chi connectivity index (χ1) is 12.0. The molecular formula is C18H19N3O4. The summed E-state index contributed by atoms with van der Waals surface area (Å²) in [7, 11) is 0. The maximum atomic E-state index is 12.2. The number of anilines is 1. The third-order valence-electron chi connectivity index (χ3n) is 4.06. The van der Waals surface area contributed by atoms with Crippen LogP contribution in [0.5, 0.6) is 11.6 Å². The number of pyridine rings is 1. The summed E-state index contributed by atoms with van der Waals surface area (Å²) in [6, 6.07) is 10.7. The lowest BCUT2D eigenvalue weighted by molar-refractivity contribution is -0.141. The van der Waals surface area contributed by atoms with Crippen molar-refractivity contribution in [2.75, 3.05) is 18.4 Å². The quantitative estimate of drug-likeness (QED) is 0.891. The zero-order valence-electron chi connectivity index (χ0n) is 13.8. The number of aliphatic carboxylic acids is 1. The Labute approximate surface area is 145 Å². The molecule has 25 heavy (non-hydrogen) atoms. The zero-order valence-corrected chi connectivity index (χ0v) is 13.8. The monoisotopic (exact) mass is 341 g/mol. The number of likely N-dealkylation sites (tertiary alicyclic amines) is 1. The molecule has 130 valence electrons. The van der Waals surface area contributed by atoms with Gasteiger partial charge in [-0.3, -0.25) is 4.79 Å². The molecule has 2 aromatic rings. The molecule has 1 aromatic heterocycles. The van der Waals surface area contributed by atoms with Crippen molar-refractivity contribution in [1.29, 1.82) is 0 Å². The maximum absolute atomic E-state index is 12.2. The predicted molar refractivity (Wildman–Crippen MR) is 91.8 cm³/mol. The summed E-state index contributed by atoms with van der Waals surface area (Å²) in [5.41, 5.74) is 1.67. The van der Waals surface area contributed by atoms with E-state index in [1.165, 1.54) is 11.1 Å². The zero-order chi connectivity index (χ0) is 17.8. The Bertz CT molecular complexity index is 759. The second kappa shape index (κ2) is 7.21. The number of carboxylic acids is 1. The van der Waals surface area contributed by atoms with Crippen molar-refractivity contribution in [3.05, 3.63) is 48.2 Å². The van der Waals surface area contributed by atoms with Gasteiger partial charge < -0.3 is 20.1 Å². The lowest BCUT2D eigenvalue weighted by Crippen LogP contribution is -2.33. The van der Waals surface area contributed by atoms with E-state index in [9.17, 15) is 9.59 Å². The van der Waals surface area contributed by atoms with Gasteiger partial charge in [0, 0.05) is 19.2 Å². The normalized spacial score (nSPS) is 16.5. The minimum atomic E-state index is -0.866. The standard InChI is InChI=1S/C18H19N3O4/c1-12-2-5-15(6-3-12)25-16-7-4-14(10-19-16)20-18(24)21-9-8-13(11-21)17(22)23/h2-7,10,13H,8-9,11H2,1H3,(H,20,24)(H,22,23). The van der Waals surface area contributed by atoms with Crippen LogP contribution in [0, 0.1) is 12.8 Å². The van der Waals surface area contributed by atoms with E-state index >= 15 is 0 Å². The van der Waals surface area contributed by atoms with Crippen LogP contribution in [0.25, 0.3) is 0 Å². The molecule has 1 aromatic carbocycles. The minimum absolute atomic E-state index is 0.225. The third-order valence-corrected chi connectivity index (χ3v) is 4.06. The first-order valence-electron chi connectivity index (χ1n) is 8.00. The van der Waals surface area contributed by atoms with E-state index in [1.54, 1.807) is 12.1 Å². The highest BCUT2D eigenvalue weighted by atomic mass is 16.5. The van der Waals surface area contributed by atoms with Gasteiger partial charge in [-0.2, -0.15) is 0 Å². The Hall–Kier alpha value is -3.09. The first-order valence-corrected chi connectivity index (χ1v) is 8.00. The fraction of sp³-hybridized carbons (Fsp3) is 0.278. The number of ether oxygens (including phenoxy) is 1. The topological polar surface area (TPSA) is 91.8 Å². The Morgan fingerprint density at radius 2 is 2.00 bits per heavy atom. The summed E-state index contributed by atoms with van der Waals surface area (Å²) in [5.74, 6) is -0.246. The van der Waals surface area contributed by atoms with E-state index in [0.29, 0.717) is 30.3 Å². The van der Waals surface area contributed by atoms with Gasteiger partial charge in [0.05, 0.1) is 17.8 Å². The molecule has 2 N–H and O–H groups in total. The van der Waals surface area contributed by atoms with Gasteiger partial charge in [-0.15, -0.1) is 0 Å². The smallest absolute Gasteiger partial charge is 0.321 e. The van der Waals surface area contributed by atoms with Gasteiger partial charge in [-0.1, -0.05) is 17.7 Å². The molecule has 0 spiro atoms. The van der Waals surface area contributed by atoms with Crippen LogP contribution in [0.4, 0.5) is 10.5 Å². The van der Waals surface area contributed by atoms with Crippen molar-refractivity contribution in [1.82, 2.24) is 9.88 Å². The van der Waals surface area contributed by atoms with Gasteiger partial charge in [0.15, 0.2) is 0 Å². The van der Waals surface area contributed by atoms with Gasteiger partial charge in [-0.05, 0) is 31.5 Å². The highest BCUT2D eigenvalue weighted by Gasteiger charge is 2.30. The minimum Gasteiger partial charge on any atom is -0.481 e. The molecule has 0 aliphatic carbocycles. The summed E-state index contributed by atoms with van der Waals surface area (Å²) in [6.45, 7) is 2.66. The predicted octanol–water partition coefficient (Wildman–Crippen LogP) is 3.12. The van der Waals surface area contributed by atoms with E-state index < -0.39 is 11.9 Å². The average Bonchev–Trinajstić information content (AvgIpc) is 3.09. The number of amides is 2. The van der Waals surface area contributed by atoms with Crippen molar-refractivity contribution in [2.24, 2.45) is 5.92 Å². The molecule has 1 atom stereocenters.